The average Bonchev–Trinajstić information content (AvgIpc) is 2.97. The number of aryl methyl sites for hydroxylation is 1. The summed E-state index contributed by atoms with van der Waals surface area (Å²) in [6.07, 6.45) is 0.972. The van der Waals surface area contributed by atoms with E-state index < -0.39 is 17.5 Å². The Hall–Kier alpha value is -2.18. The zero-order valence-electron chi connectivity index (χ0n) is 17.9. The molecule has 6 heteroatoms. The Kier molecular flexibility index (Phi) is 6.44. The molecule has 0 radical (unpaired) electrons. The minimum atomic E-state index is -1.10. The summed E-state index contributed by atoms with van der Waals surface area (Å²) in [5.74, 6) is -0.480. The first-order valence-electron chi connectivity index (χ1n) is 10.5. The fraction of sp³-hybridized carbons (Fsp3) is 0.565. The van der Waals surface area contributed by atoms with Crippen LogP contribution < -0.4 is 0 Å². The highest BCUT2D eigenvalue weighted by atomic mass is 16.4. The van der Waals surface area contributed by atoms with Crippen molar-refractivity contribution in [2.45, 2.75) is 59.6 Å². The number of likely N-dealkylation sites (tertiary alicyclic amines) is 1. The van der Waals surface area contributed by atoms with Crippen molar-refractivity contribution in [3.8, 4) is 5.69 Å². The lowest BCUT2D eigenvalue weighted by Gasteiger charge is -2.43. The minimum absolute atomic E-state index is 0.367. The largest absolute Gasteiger partial charge is 0.481 e. The van der Waals surface area contributed by atoms with Crippen LogP contribution >= 0.6 is 0 Å². The molecule has 1 aliphatic rings. The maximum absolute atomic E-state index is 12.2. The van der Waals surface area contributed by atoms with Gasteiger partial charge < -0.3 is 10.2 Å². The van der Waals surface area contributed by atoms with E-state index in [-0.39, 0.29) is 0 Å². The standard InChI is InChI=1S/C23H33N3O3/c1-16(2)10-12-23(22(28)29)15-25(13-11-21(23)27)14-20-17(3)24-26(18(20)4)19-8-6-5-7-9-19/h5-9,16,21,27H,10-15H2,1-4H3,(H,28,29)/t21-,23-/m1/s1. The van der Waals surface area contributed by atoms with Crippen LogP contribution in [0.25, 0.3) is 5.69 Å². The van der Waals surface area contributed by atoms with Crippen molar-refractivity contribution in [3.63, 3.8) is 0 Å². The zero-order valence-corrected chi connectivity index (χ0v) is 17.9. The highest BCUT2D eigenvalue weighted by Crippen LogP contribution is 2.37. The number of aliphatic carboxylic acids is 1. The van der Waals surface area contributed by atoms with Crippen molar-refractivity contribution in [1.82, 2.24) is 14.7 Å². The van der Waals surface area contributed by atoms with Gasteiger partial charge in [0.2, 0.25) is 0 Å². The number of benzene rings is 1. The summed E-state index contributed by atoms with van der Waals surface area (Å²) in [7, 11) is 0. The van der Waals surface area contributed by atoms with Gasteiger partial charge in [-0.15, -0.1) is 0 Å². The summed E-state index contributed by atoms with van der Waals surface area (Å²) in [6, 6.07) is 10.0. The van der Waals surface area contributed by atoms with E-state index in [4.69, 9.17) is 5.10 Å². The average molecular weight is 400 g/mol. The second-order valence-corrected chi connectivity index (χ2v) is 8.81. The van der Waals surface area contributed by atoms with Gasteiger partial charge in [0.05, 0.1) is 17.5 Å². The normalized spacial score (nSPS) is 22.9. The number of piperidine rings is 1. The molecule has 0 saturated carbocycles. The van der Waals surface area contributed by atoms with Crippen molar-refractivity contribution >= 4 is 5.97 Å². The highest BCUT2D eigenvalue weighted by molar-refractivity contribution is 5.76. The molecule has 2 aromatic rings. The fourth-order valence-electron chi connectivity index (χ4n) is 4.36. The Bertz CT molecular complexity index is 847. The number of hydrogen-bond donors (Lipinski definition) is 2. The summed E-state index contributed by atoms with van der Waals surface area (Å²) < 4.78 is 1.95. The number of carbonyl (C=O) groups is 1. The van der Waals surface area contributed by atoms with Crippen LogP contribution in [0.1, 0.15) is 50.1 Å². The molecule has 158 valence electrons. The lowest BCUT2D eigenvalue weighted by molar-refractivity contribution is -0.165. The molecule has 0 spiro atoms. The first-order chi connectivity index (χ1) is 13.7. The molecule has 2 atom stereocenters. The molecule has 1 aromatic carbocycles. The topological polar surface area (TPSA) is 78.6 Å². The first kappa shape index (κ1) is 21.5. The number of carboxylic acids is 1. The van der Waals surface area contributed by atoms with Crippen LogP contribution in [-0.2, 0) is 11.3 Å². The number of aliphatic hydroxyl groups excluding tert-OH is 1. The molecular formula is C23H33N3O3. The molecule has 0 bridgehead atoms. The van der Waals surface area contributed by atoms with Gasteiger partial charge in [0, 0.05) is 30.9 Å². The van der Waals surface area contributed by atoms with Crippen molar-refractivity contribution in [2.75, 3.05) is 13.1 Å². The summed E-state index contributed by atoms with van der Waals surface area (Å²) in [5, 5.41) is 25.4. The van der Waals surface area contributed by atoms with Gasteiger partial charge in [-0.2, -0.15) is 5.10 Å². The third kappa shape index (κ3) is 4.38. The Labute approximate surface area is 173 Å². The predicted octanol–water partition coefficient (Wildman–Crippen LogP) is 3.56. The van der Waals surface area contributed by atoms with Crippen LogP contribution in [0, 0.1) is 25.2 Å². The Morgan fingerprint density at radius 3 is 2.59 bits per heavy atom. The third-order valence-electron chi connectivity index (χ3n) is 6.28. The summed E-state index contributed by atoms with van der Waals surface area (Å²) in [5.41, 5.74) is 3.09. The van der Waals surface area contributed by atoms with Crippen LogP contribution in [0.5, 0.6) is 0 Å². The van der Waals surface area contributed by atoms with Gasteiger partial charge in [0.1, 0.15) is 5.41 Å². The zero-order chi connectivity index (χ0) is 21.2. The number of aromatic nitrogens is 2. The Balaban J connectivity index is 1.83. The molecule has 2 heterocycles. The molecule has 2 N–H and O–H groups in total. The first-order valence-corrected chi connectivity index (χ1v) is 10.5. The van der Waals surface area contributed by atoms with Crippen molar-refractivity contribution in [2.24, 2.45) is 11.3 Å². The number of carboxylic acid groups (broad SMARTS) is 1. The molecule has 0 unspecified atom stereocenters. The lowest BCUT2D eigenvalue weighted by Crippen LogP contribution is -2.55. The lowest BCUT2D eigenvalue weighted by atomic mass is 9.72. The van der Waals surface area contributed by atoms with E-state index in [9.17, 15) is 15.0 Å². The van der Waals surface area contributed by atoms with Crippen LogP contribution in [0.3, 0.4) is 0 Å². The van der Waals surface area contributed by atoms with E-state index in [1.54, 1.807) is 0 Å². The molecule has 1 aromatic heterocycles. The van der Waals surface area contributed by atoms with Gasteiger partial charge in [-0.05, 0) is 51.2 Å². The minimum Gasteiger partial charge on any atom is -0.481 e. The number of para-hydroxylation sites is 1. The predicted molar refractivity (Wildman–Crippen MR) is 113 cm³/mol. The van der Waals surface area contributed by atoms with Crippen molar-refractivity contribution in [3.05, 3.63) is 47.3 Å². The molecule has 1 saturated heterocycles. The van der Waals surface area contributed by atoms with Crippen LogP contribution in [0.15, 0.2) is 30.3 Å². The Morgan fingerprint density at radius 2 is 1.97 bits per heavy atom. The molecular weight excluding hydrogens is 366 g/mol. The van der Waals surface area contributed by atoms with E-state index in [2.05, 4.69) is 25.7 Å². The highest BCUT2D eigenvalue weighted by Gasteiger charge is 2.48. The number of aliphatic hydroxyl groups is 1. The van der Waals surface area contributed by atoms with Gasteiger partial charge in [0.15, 0.2) is 0 Å². The molecule has 29 heavy (non-hydrogen) atoms. The molecule has 1 fully saturated rings. The van der Waals surface area contributed by atoms with Gasteiger partial charge in [-0.3, -0.25) is 9.69 Å². The maximum Gasteiger partial charge on any atom is 0.313 e. The van der Waals surface area contributed by atoms with E-state index in [1.807, 2.05) is 41.9 Å². The van der Waals surface area contributed by atoms with Gasteiger partial charge in [-0.25, -0.2) is 4.68 Å². The number of nitrogens with zero attached hydrogens (tertiary/aromatic N) is 3. The van der Waals surface area contributed by atoms with Crippen LogP contribution in [0.4, 0.5) is 0 Å². The van der Waals surface area contributed by atoms with E-state index >= 15 is 0 Å². The van der Waals surface area contributed by atoms with E-state index in [0.29, 0.717) is 38.4 Å². The summed E-state index contributed by atoms with van der Waals surface area (Å²) in [6.45, 7) is 9.95. The van der Waals surface area contributed by atoms with E-state index in [1.165, 1.54) is 0 Å². The molecule has 0 aliphatic carbocycles. The van der Waals surface area contributed by atoms with Gasteiger partial charge >= 0.3 is 5.97 Å². The molecule has 3 rings (SSSR count). The molecule has 6 nitrogen and oxygen atoms in total. The summed E-state index contributed by atoms with van der Waals surface area (Å²) >= 11 is 0. The fourth-order valence-corrected chi connectivity index (χ4v) is 4.36. The quantitative estimate of drug-likeness (QED) is 0.744. The van der Waals surface area contributed by atoms with Gasteiger partial charge in [0.25, 0.3) is 0 Å². The van der Waals surface area contributed by atoms with Crippen LogP contribution in [0.2, 0.25) is 0 Å². The van der Waals surface area contributed by atoms with Gasteiger partial charge in [-0.1, -0.05) is 32.0 Å². The number of hydrogen-bond acceptors (Lipinski definition) is 4. The second kappa shape index (κ2) is 8.67. The molecule has 0 amide bonds. The summed E-state index contributed by atoms with van der Waals surface area (Å²) in [4.78, 5) is 14.4. The third-order valence-corrected chi connectivity index (χ3v) is 6.28. The van der Waals surface area contributed by atoms with Crippen molar-refractivity contribution in [1.29, 1.82) is 0 Å². The number of rotatable bonds is 7. The second-order valence-electron chi connectivity index (χ2n) is 8.81. The molecule has 1 aliphatic heterocycles. The van der Waals surface area contributed by atoms with Crippen molar-refractivity contribution < 1.29 is 15.0 Å². The maximum atomic E-state index is 12.2. The monoisotopic (exact) mass is 399 g/mol. The Morgan fingerprint density at radius 1 is 1.28 bits per heavy atom. The smallest absolute Gasteiger partial charge is 0.313 e. The van der Waals surface area contributed by atoms with Crippen LogP contribution in [-0.4, -0.2) is 50.1 Å². The SMILES string of the molecule is Cc1nn(-c2ccccc2)c(C)c1CN1CC[C@@H](O)[C@](CCC(C)C)(C(=O)O)C1. The van der Waals surface area contributed by atoms with E-state index in [0.717, 1.165) is 29.1 Å².